The first kappa shape index (κ1) is 18.4. The smallest absolute Gasteiger partial charge is 0.437 e. The van der Waals surface area contributed by atoms with Crippen LogP contribution in [0.2, 0.25) is 0 Å². The number of nitrogens with one attached hydrogen (secondary N) is 1. The number of pyridine rings is 1. The topological polar surface area (TPSA) is 72.8 Å². The molecule has 0 bridgehead atoms. The number of nitrogens with zero attached hydrogens (tertiary/aromatic N) is 2. The molecule has 1 N–H and O–H groups in total. The lowest BCUT2D eigenvalue weighted by atomic mass is 10.2. The van der Waals surface area contributed by atoms with Gasteiger partial charge in [-0.1, -0.05) is 37.4 Å². The number of carbonyl (C=O) groups excluding carboxylic acids is 1. The highest BCUT2D eigenvalue weighted by atomic mass is 16.7. The quantitative estimate of drug-likeness (QED) is 0.312. The van der Waals surface area contributed by atoms with Gasteiger partial charge in [0, 0.05) is 23.6 Å². The molecule has 6 heteroatoms. The van der Waals surface area contributed by atoms with Crippen LogP contribution in [0.4, 0.5) is 10.5 Å². The van der Waals surface area contributed by atoms with Gasteiger partial charge in [-0.2, -0.15) is 0 Å². The lowest BCUT2D eigenvalue weighted by Gasteiger charge is -2.07. The first-order valence-corrected chi connectivity index (χ1v) is 8.42. The molecule has 2 rings (SSSR count). The van der Waals surface area contributed by atoms with Crippen molar-refractivity contribution in [2.24, 2.45) is 5.16 Å². The molecule has 0 saturated carbocycles. The Morgan fingerprint density at radius 3 is 2.76 bits per heavy atom. The highest BCUT2D eigenvalue weighted by Gasteiger charge is 2.03. The number of unbranched alkanes of at least 4 members (excludes halogenated alkanes) is 3. The molecule has 1 aromatic heterocycles. The van der Waals surface area contributed by atoms with Crippen molar-refractivity contribution in [1.29, 1.82) is 0 Å². The number of carbonyl (C=O) groups is 1. The number of rotatable bonds is 9. The van der Waals surface area contributed by atoms with E-state index in [1.165, 1.54) is 25.5 Å². The van der Waals surface area contributed by atoms with Crippen molar-refractivity contribution in [2.75, 3.05) is 11.9 Å². The van der Waals surface area contributed by atoms with Gasteiger partial charge in [0.05, 0.1) is 12.8 Å². The molecular formula is C19H23N3O3. The van der Waals surface area contributed by atoms with Gasteiger partial charge in [0.25, 0.3) is 0 Å². The van der Waals surface area contributed by atoms with E-state index >= 15 is 0 Å². The van der Waals surface area contributed by atoms with Gasteiger partial charge in [0.2, 0.25) is 0 Å². The molecule has 132 valence electrons. The van der Waals surface area contributed by atoms with E-state index in [0.29, 0.717) is 12.3 Å². The van der Waals surface area contributed by atoms with Gasteiger partial charge in [-0.25, -0.2) is 4.79 Å². The highest BCUT2D eigenvalue weighted by molar-refractivity contribution is 5.85. The predicted octanol–water partition coefficient (Wildman–Crippen LogP) is 4.62. The second-order valence-corrected chi connectivity index (χ2v) is 5.46. The summed E-state index contributed by atoms with van der Waals surface area (Å²) in [6.45, 7) is 2.89. The van der Waals surface area contributed by atoms with Crippen molar-refractivity contribution in [3.8, 4) is 5.75 Å². The SMILES string of the molecule is CCCCCCOc1ccc(NC(=O)ON=Cc2cccnc2)cc1. The third kappa shape index (κ3) is 7.48. The van der Waals surface area contributed by atoms with Gasteiger partial charge in [0.15, 0.2) is 0 Å². The summed E-state index contributed by atoms with van der Waals surface area (Å²) in [5, 5.41) is 6.21. The lowest BCUT2D eigenvalue weighted by molar-refractivity contribution is 0.167. The fourth-order valence-corrected chi connectivity index (χ4v) is 2.08. The van der Waals surface area contributed by atoms with Crippen LogP contribution in [-0.2, 0) is 4.84 Å². The molecule has 0 aliphatic carbocycles. The number of benzene rings is 1. The molecule has 1 heterocycles. The molecule has 0 spiro atoms. The van der Waals surface area contributed by atoms with Crippen LogP contribution in [0.5, 0.6) is 5.75 Å². The van der Waals surface area contributed by atoms with Crippen LogP contribution in [0.1, 0.15) is 38.2 Å². The summed E-state index contributed by atoms with van der Waals surface area (Å²) in [5.41, 5.74) is 1.36. The largest absolute Gasteiger partial charge is 0.494 e. The average Bonchev–Trinajstić information content (AvgIpc) is 2.64. The van der Waals surface area contributed by atoms with Crippen molar-refractivity contribution in [1.82, 2.24) is 4.98 Å². The zero-order valence-corrected chi connectivity index (χ0v) is 14.4. The average molecular weight is 341 g/mol. The third-order valence-corrected chi connectivity index (χ3v) is 3.39. The van der Waals surface area contributed by atoms with E-state index < -0.39 is 6.09 Å². The Bertz CT molecular complexity index is 657. The first-order chi connectivity index (χ1) is 12.3. The Morgan fingerprint density at radius 1 is 1.20 bits per heavy atom. The van der Waals surface area contributed by atoms with Gasteiger partial charge < -0.3 is 4.74 Å². The summed E-state index contributed by atoms with van der Waals surface area (Å²) in [4.78, 5) is 20.3. The fraction of sp³-hybridized carbons (Fsp3) is 0.316. The van der Waals surface area contributed by atoms with Crippen LogP contribution in [-0.4, -0.2) is 23.9 Å². The van der Waals surface area contributed by atoms with Gasteiger partial charge in [-0.3, -0.25) is 15.1 Å². The second kappa shape index (κ2) is 10.8. The number of ether oxygens (including phenoxy) is 1. The maximum absolute atomic E-state index is 11.7. The normalized spacial score (nSPS) is 10.6. The highest BCUT2D eigenvalue weighted by Crippen LogP contribution is 2.16. The summed E-state index contributed by atoms with van der Waals surface area (Å²) in [7, 11) is 0. The second-order valence-electron chi connectivity index (χ2n) is 5.46. The van der Waals surface area contributed by atoms with Gasteiger partial charge >= 0.3 is 6.09 Å². The summed E-state index contributed by atoms with van der Waals surface area (Å²) in [6, 6.07) is 10.7. The van der Waals surface area contributed by atoms with Crippen LogP contribution in [0.25, 0.3) is 0 Å². The maximum atomic E-state index is 11.7. The zero-order chi connectivity index (χ0) is 17.7. The number of hydrogen-bond acceptors (Lipinski definition) is 5. The molecule has 1 amide bonds. The molecule has 6 nitrogen and oxygen atoms in total. The minimum atomic E-state index is -0.659. The molecule has 0 aliphatic rings. The molecule has 0 radical (unpaired) electrons. The van der Waals surface area contributed by atoms with Gasteiger partial charge in [-0.15, -0.1) is 0 Å². The predicted molar refractivity (Wildman–Crippen MR) is 98.0 cm³/mol. The number of amides is 1. The number of aromatic nitrogens is 1. The molecule has 1 aromatic carbocycles. The first-order valence-electron chi connectivity index (χ1n) is 8.42. The molecule has 0 aliphatic heterocycles. The van der Waals surface area contributed by atoms with Gasteiger partial charge in [-0.05, 0) is 36.8 Å². The Hall–Kier alpha value is -2.89. The van der Waals surface area contributed by atoms with Crippen molar-refractivity contribution >= 4 is 18.0 Å². The Balaban J connectivity index is 1.71. The summed E-state index contributed by atoms with van der Waals surface area (Å²) in [6.07, 6.45) is 8.71. The standard InChI is InChI=1S/C19H23N3O3/c1-2-3-4-5-13-24-18-10-8-17(9-11-18)22-19(23)25-21-15-16-7-6-12-20-14-16/h6-12,14-15H,2-5,13H2,1H3,(H,22,23). The van der Waals surface area contributed by atoms with Crippen LogP contribution in [0.15, 0.2) is 53.9 Å². The van der Waals surface area contributed by atoms with Crippen LogP contribution >= 0.6 is 0 Å². The van der Waals surface area contributed by atoms with E-state index in [9.17, 15) is 4.79 Å². The Kier molecular flexibility index (Phi) is 7.97. The van der Waals surface area contributed by atoms with Crippen LogP contribution in [0, 0.1) is 0 Å². The molecule has 0 atom stereocenters. The van der Waals surface area contributed by atoms with E-state index in [1.807, 2.05) is 12.1 Å². The van der Waals surface area contributed by atoms with E-state index in [1.54, 1.807) is 36.7 Å². The Morgan fingerprint density at radius 2 is 2.04 bits per heavy atom. The lowest BCUT2D eigenvalue weighted by Crippen LogP contribution is -2.10. The van der Waals surface area contributed by atoms with Crippen molar-refractivity contribution in [3.63, 3.8) is 0 Å². The maximum Gasteiger partial charge on any atom is 0.437 e. The van der Waals surface area contributed by atoms with E-state index in [0.717, 1.165) is 17.7 Å². The molecule has 0 unspecified atom stereocenters. The molecule has 0 saturated heterocycles. The van der Waals surface area contributed by atoms with E-state index in [4.69, 9.17) is 9.57 Å². The summed E-state index contributed by atoms with van der Waals surface area (Å²) >= 11 is 0. The van der Waals surface area contributed by atoms with E-state index in [2.05, 4.69) is 22.4 Å². The monoisotopic (exact) mass is 341 g/mol. The number of oxime groups is 1. The van der Waals surface area contributed by atoms with Gasteiger partial charge in [0.1, 0.15) is 5.75 Å². The molecular weight excluding hydrogens is 318 g/mol. The summed E-state index contributed by atoms with van der Waals surface area (Å²) in [5.74, 6) is 0.782. The zero-order valence-electron chi connectivity index (χ0n) is 14.4. The van der Waals surface area contributed by atoms with Crippen molar-refractivity contribution in [2.45, 2.75) is 32.6 Å². The number of hydrogen-bond donors (Lipinski definition) is 1. The molecule has 25 heavy (non-hydrogen) atoms. The van der Waals surface area contributed by atoms with Crippen molar-refractivity contribution < 1.29 is 14.4 Å². The fourth-order valence-electron chi connectivity index (χ4n) is 2.08. The minimum Gasteiger partial charge on any atom is -0.494 e. The van der Waals surface area contributed by atoms with Crippen LogP contribution < -0.4 is 10.1 Å². The molecule has 0 fully saturated rings. The summed E-state index contributed by atoms with van der Waals surface area (Å²) < 4.78 is 5.65. The molecule has 2 aromatic rings. The van der Waals surface area contributed by atoms with Crippen LogP contribution in [0.3, 0.4) is 0 Å². The Labute approximate surface area is 147 Å². The van der Waals surface area contributed by atoms with E-state index in [-0.39, 0.29) is 0 Å². The van der Waals surface area contributed by atoms with Crippen molar-refractivity contribution in [3.05, 3.63) is 54.4 Å². The number of anilines is 1. The third-order valence-electron chi connectivity index (χ3n) is 3.39. The minimum absolute atomic E-state index is 0.611.